The van der Waals surface area contributed by atoms with Gasteiger partial charge in [0.25, 0.3) is 0 Å². The van der Waals surface area contributed by atoms with Gasteiger partial charge in [0.05, 0.1) is 37.7 Å². The Bertz CT molecular complexity index is 1170. The fourth-order valence-electron chi connectivity index (χ4n) is 3.21. The molecule has 0 amide bonds. The van der Waals surface area contributed by atoms with E-state index in [0.29, 0.717) is 31.1 Å². The fraction of sp³-hybridized carbons (Fsp3) is 0.276. The highest BCUT2D eigenvalue weighted by Gasteiger charge is 2.16. The number of hydrogen-bond acceptors (Lipinski definition) is 5. The zero-order valence-corrected chi connectivity index (χ0v) is 20.1. The van der Waals surface area contributed by atoms with E-state index in [4.69, 9.17) is 15.2 Å². The molecule has 0 saturated carbocycles. The number of hydrogen-bond donors (Lipinski definition) is 2. The number of halogens is 1. The molecule has 182 valence electrons. The van der Waals surface area contributed by atoms with E-state index >= 15 is 0 Å². The van der Waals surface area contributed by atoms with Gasteiger partial charge < -0.3 is 20.5 Å². The first-order chi connectivity index (χ1) is 16.8. The Balaban J connectivity index is 1.57. The van der Waals surface area contributed by atoms with Gasteiger partial charge in [0.2, 0.25) is 0 Å². The van der Waals surface area contributed by atoms with Gasteiger partial charge >= 0.3 is 0 Å². The number of anilines is 2. The Morgan fingerprint density at radius 3 is 2.20 bits per heavy atom. The lowest BCUT2D eigenvalue weighted by atomic mass is 9.95. The van der Waals surface area contributed by atoms with Gasteiger partial charge in [0.1, 0.15) is 12.4 Å². The molecule has 3 aromatic rings. The van der Waals surface area contributed by atoms with Gasteiger partial charge in [-0.1, -0.05) is 72.5 Å². The third-order valence-corrected chi connectivity index (χ3v) is 5.10. The van der Waals surface area contributed by atoms with Crippen molar-refractivity contribution in [3.8, 4) is 11.8 Å². The molecule has 0 aliphatic heterocycles. The number of nitrogens with two attached hydrogens (primary N) is 1. The van der Waals surface area contributed by atoms with Crippen LogP contribution < -0.4 is 11.1 Å². The predicted octanol–water partition coefficient (Wildman–Crippen LogP) is 5.20. The van der Waals surface area contributed by atoms with Crippen molar-refractivity contribution in [3.05, 3.63) is 95.3 Å². The maximum absolute atomic E-state index is 14.1. The molecule has 5 nitrogen and oxygen atoms in total. The molecule has 0 radical (unpaired) electrons. The topological polar surface area (TPSA) is 73.6 Å². The summed E-state index contributed by atoms with van der Waals surface area (Å²) in [5.41, 5.74) is 8.31. The van der Waals surface area contributed by atoms with Crippen LogP contribution in [0.2, 0.25) is 0 Å². The molecule has 0 heterocycles. The molecule has 35 heavy (non-hydrogen) atoms. The first-order valence-corrected chi connectivity index (χ1v) is 11.4. The van der Waals surface area contributed by atoms with Crippen molar-refractivity contribution < 1.29 is 18.7 Å². The molecular formula is C29H31FN2O3. The number of ketones is 1. The molecule has 0 unspecified atom stereocenters. The molecule has 3 aromatic carbocycles. The molecule has 0 aromatic heterocycles. The second kappa shape index (κ2) is 12.7. The Morgan fingerprint density at radius 1 is 0.971 bits per heavy atom. The molecule has 0 atom stereocenters. The predicted molar refractivity (Wildman–Crippen MR) is 137 cm³/mol. The third-order valence-electron chi connectivity index (χ3n) is 5.10. The molecule has 0 aliphatic carbocycles. The number of Topliss-reactive ketones (excluding diaryl/α,β-unsaturated/α-hetero) is 1. The van der Waals surface area contributed by atoms with E-state index in [1.165, 1.54) is 12.1 Å². The quantitative estimate of drug-likeness (QED) is 0.295. The van der Waals surface area contributed by atoms with Crippen molar-refractivity contribution in [3.63, 3.8) is 0 Å². The summed E-state index contributed by atoms with van der Waals surface area (Å²) < 4.78 is 25.4. The first-order valence-electron chi connectivity index (χ1n) is 11.4. The van der Waals surface area contributed by atoms with Crippen molar-refractivity contribution in [1.82, 2.24) is 0 Å². The third kappa shape index (κ3) is 8.90. The molecule has 3 N–H and O–H groups in total. The molecule has 0 aliphatic rings. The summed E-state index contributed by atoms with van der Waals surface area (Å²) in [7, 11) is 0. The van der Waals surface area contributed by atoms with E-state index < -0.39 is 11.2 Å². The second-order valence-electron chi connectivity index (χ2n) is 8.90. The summed E-state index contributed by atoms with van der Waals surface area (Å²) in [6.45, 7) is 5.14. The minimum Gasteiger partial charge on any atom is -0.396 e. The van der Waals surface area contributed by atoms with E-state index in [-0.39, 0.29) is 24.6 Å². The smallest absolute Gasteiger partial charge is 0.177 e. The Labute approximate surface area is 206 Å². The minimum absolute atomic E-state index is 0.00416. The van der Waals surface area contributed by atoms with Crippen LogP contribution in [-0.2, 0) is 27.5 Å². The maximum Gasteiger partial charge on any atom is 0.177 e. The van der Waals surface area contributed by atoms with Gasteiger partial charge in [-0.25, -0.2) is 4.39 Å². The molecule has 0 bridgehead atoms. The molecule has 6 heteroatoms. The lowest BCUT2D eigenvalue weighted by molar-refractivity contribution is -0.122. The van der Waals surface area contributed by atoms with Crippen molar-refractivity contribution in [1.29, 1.82) is 0 Å². The molecular weight excluding hydrogens is 443 g/mol. The van der Waals surface area contributed by atoms with Gasteiger partial charge in [-0.3, -0.25) is 4.79 Å². The van der Waals surface area contributed by atoms with Crippen LogP contribution in [0.25, 0.3) is 0 Å². The maximum atomic E-state index is 14.1. The zero-order valence-electron chi connectivity index (χ0n) is 20.1. The molecule has 0 fully saturated rings. The lowest BCUT2D eigenvalue weighted by Gasteiger charge is -2.18. The van der Waals surface area contributed by atoms with Crippen LogP contribution in [0.4, 0.5) is 15.8 Å². The molecule has 0 saturated heterocycles. The Hall–Kier alpha value is -3.66. The zero-order chi connectivity index (χ0) is 25.1. The van der Waals surface area contributed by atoms with E-state index in [2.05, 4.69) is 17.2 Å². The average molecular weight is 475 g/mol. The summed E-state index contributed by atoms with van der Waals surface area (Å²) in [4.78, 5) is 12.3. The van der Waals surface area contributed by atoms with E-state index in [1.807, 2.05) is 74.5 Å². The largest absolute Gasteiger partial charge is 0.396 e. The Kier molecular flexibility index (Phi) is 9.42. The van der Waals surface area contributed by atoms with Gasteiger partial charge in [0.15, 0.2) is 5.78 Å². The van der Waals surface area contributed by atoms with E-state index in [9.17, 15) is 9.18 Å². The monoisotopic (exact) mass is 474 g/mol. The number of nitrogen functional groups attached to an aromatic ring is 1. The van der Waals surface area contributed by atoms with Crippen LogP contribution >= 0.6 is 0 Å². The standard InChI is InChI=1S/C29H31FN2O3/c1-29(2,21-35-19-23-11-7-4-8-12-23)14-13-24-15-27(31)26(30)16-28(24)32-17-25(33)20-34-18-22-9-5-3-6-10-22/h3-12,15-16,32H,17-21,31H2,1-2H3. The molecule has 3 rings (SSSR count). The fourth-order valence-corrected chi connectivity index (χ4v) is 3.21. The van der Waals surface area contributed by atoms with Gasteiger partial charge in [0, 0.05) is 17.0 Å². The summed E-state index contributed by atoms with van der Waals surface area (Å²) >= 11 is 0. The van der Waals surface area contributed by atoms with Crippen LogP contribution in [0, 0.1) is 23.1 Å². The van der Waals surface area contributed by atoms with Crippen molar-refractivity contribution in [2.75, 3.05) is 30.8 Å². The second-order valence-corrected chi connectivity index (χ2v) is 8.90. The van der Waals surface area contributed by atoms with Crippen molar-refractivity contribution in [2.45, 2.75) is 27.1 Å². The number of carbonyl (C=O) groups is 1. The van der Waals surface area contributed by atoms with E-state index in [1.54, 1.807) is 0 Å². The first kappa shape index (κ1) is 26.0. The Morgan fingerprint density at radius 2 is 1.57 bits per heavy atom. The van der Waals surface area contributed by atoms with Crippen molar-refractivity contribution in [2.24, 2.45) is 5.41 Å². The summed E-state index contributed by atoms with van der Waals surface area (Å²) in [6, 6.07) is 22.3. The number of rotatable bonds is 11. The number of ether oxygens (including phenoxy) is 2. The summed E-state index contributed by atoms with van der Waals surface area (Å²) in [5, 5.41) is 2.97. The summed E-state index contributed by atoms with van der Waals surface area (Å²) in [6.07, 6.45) is 0. The van der Waals surface area contributed by atoms with E-state index in [0.717, 1.165) is 11.1 Å². The van der Waals surface area contributed by atoms with Crippen LogP contribution in [-0.4, -0.2) is 25.5 Å². The SMILES string of the molecule is CC(C)(C#Cc1cc(N)c(F)cc1NCC(=O)COCc1ccccc1)COCc1ccccc1. The van der Waals surface area contributed by atoms with Crippen LogP contribution in [0.5, 0.6) is 0 Å². The van der Waals surface area contributed by atoms with Gasteiger partial charge in [-0.05, 0) is 31.0 Å². The molecule has 0 spiro atoms. The van der Waals surface area contributed by atoms with Crippen LogP contribution in [0.1, 0.15) is 30.5 Å². The highest BCUT2D eigenvalue weighted by molar-refractivity contribution is 5.84. The lowest BCUT2D eigenvalue weighted by Crippen LogP contribution is -2.20. The van der Waals surface area contributed by atoms with Crippen LogP contribution in [0.15, 0.2) is 72.8 Å². The van der Waals surface area contributed by atoms with Crippen LogP contribution in [0.3, 0.4) is 0 Å². The average Bonchev–Trinajstić information content (AvgIpc) is 2.85. The van der Waals surface area contributed by atoms with Gasteiger partial charge in [-0.2, -0.15) is 0 Å². The minimum atomic E-state index is -0.573. The summed E-state index contributed by atoms with van der Waals surface area (Å²) in [5.74, 6) is 5.53. The van der Waals surface area contributed by atoms with Gasteiger partial charge in [-0.15, -0.1) is 0 Å². The number of nitrogens with one attached hydrogen (secondary N) is 1. The normalized spacial score (nSPS) is 10.9. The highest BCUT2D eigenvalue weighted by Crippen LogP contribution is 2.23. The van der Waals surface area contributed by atoms with Crippen molar-refractivity contribution >= 4 is 17.2 Å². The highest BCUT2D eigenvalue weighted by atomic mass is 19.1. The number of carbonyl (C=O) groups excluding carboxylic acids is 1. The number of benzene rings is 3.